The molecular weight excluding hydrogens is 286 g/mol. The summed E-state index contributed by atoms with van der Waals surface area (Å²) in [6.45, 7) is 0.733. The summed E-state index contributed by atoms with van der Waals surface area (Å²) in [6.07, 6.45) is 1.87. The lowest BCUT2D eigenvalue weighted by molar-refractivity contribution is -0.117. The van der Waals surface area contributed by atoms with Crippen LogP contribution in [0.4, 0.5) is 0 Å². The Morgan fingerprint density at radius 2 is 2.05 bits per heavy atom. The van der Waals surface area contributed by atoms with Crippen molar-refractivity contribution in [2.45, 2.75) is 6.54 Å². The fourth-order valence-electron chi connectivity index (χ4n) is 2.19. The molecule has 0 aromatic heterocycles. The maximum absolute atomic E-state index is 12.2. The summed E-state index contributed by atoms with van der Waals surface area (Å²) in [5.74, 6) is 0.688. The lowest BCUT2D eigenvalue weighted by Crippen LogP contribution is -2.28. The Morgan fingerprint density at radius 1 is 1.19 bits per heavy atom. The molecule has 2 aromatic carbocycles. The molecule has 3 nitrogen and oxygen atoms in total. The zero-order valence-corrected chi connectivity index (χ0v) is 12.1. The number of nitrogens with one attached hydrogen (secondary N) is 1. The first-order valence-corrected chi connectivity index (χ1v) is 7.05. The van der Waals surface area contributed by atoms with Gasteiger partial charge in [-0.3, -0.25) is 4.79 Å². The van der Waals surface area contributed by atoms with Crippen LogP contribution in [-0.4, -0.2) is 12.5 Å². The Bertz CT molecular complexity index is 709. The number of amides is 1. The maximum atomic E-state index is 12.2. The van der Waals surface area contributed by atoms with Crippen LogP contribution in [0.2, 0.25) is 5.02 Å². The zero-order valence-electron chi connectivity index (χ0n) is 11.3. The van der Waals surface area contributed by atoms with Crippen molar-refractivity contribution in [1.29, 1.82) is 0 Å². The molecule has 0 aliphatic carbocycles. The number of rotatable bonds is 3. The predicted octanol–water partition coefficient (Wildman–Crippen LogP) is 3.43. The molecule has 3 rings (SSSR count). The minimum Gasteiger partial charge on any atom is -0.488 e. The largest absolute Gasteiger partial charge is 0.488 e. The molecule has 1 aliphatic heterocycles. The van der Waals surface area contributed by atoms with Gasteiger partial charge in [0.25, 0.3) is 5.91 Å². The number of para-hydroxylation sites is 1. The van der Waals surface area contributed by atoms with E-state index in [0.29, 0.717) is 23.7 Å². The molecule has 1 N–H and O–H groups in total. The summed E-state index contributed by atoms with van der Waals surface area (Å²) in [6, 6.07) is 15.1. The highest BCUT2D eigenvalue weighted by molar-refractivity contribution is 6.30. The maximum Gasteiger partial charge on any atom is 0.250 e. The standard InChI is InChI=1S/C17H14ClNO2/c18-15-6-3-4-12(8-15)10-19-17(20)14-9-13-5-1-2-7-16(13)21-11-14/h1-9H,10-11H2,(H,19,20). The number of carbonyl (C=O) groups is 1. The summed E-state index contributed by atoms with van der Waals surface area (Å²) in [5, 5.41) is 3.54. The third-order valence-corrected chi connectivity index (χ3v) is 3.50. The molecular formula is C17H14ClNO2. The molecule has 0 radical (unpaired) electrons. The number of halogens is 1. The summed E-state index contributed by atoms with van der Waals surface area (Å²) < 4.78 is 5.58. The molecule has 1 aliphatic rings. The fourth-order valence-corrected chi connectivity index (χ4v) is 2.40. The van der Waals surface area contributed by atoms with E-state index in [0.717, 1.165) is 16.9 Å². The van der Waals surface area contributed by atoms with Gasteiger partial charge >= 0.3 is 0 Å². The average molecular weight is 300 g/mol. The molecule has 0 bridgehead atoms. The average Bonchev–Trinajstić information content (AvgIpc) is 2.52. The predicted molar refractivity (Wildman–Crippen MR) is 83.2 cm³/mol. The monoisotopic (exact) mass is 299 g/mol. The van der Waals surface area contributed by atoms with Gasteiger partial charge in [0.2, 0.25) is 0 Å². The van der Waals surface area contributed by atoms with Gasteiger partial charge in [0.15, 0.2) is 0 Å². The van der Waals surface area contributed by atoms with Gasteiger partial charge in [-0.05, 0) is 29.8 Å². The van der Waals surface area contributed by atoms with Crippen LogP contribution in [-0.2, 0) is 11.3 Å². The molecule has 0 saturated heterocycles. The molecule has 106 valence electrons. The Kier molecular flexibility index (Phi) is 3.93. The van der Waals surface area contributed by atoms with E-state index in [2.05, 4.69) is 5.32 Å². The molecule has 1 amide bonds. The third kappa shape index (κ3) is 3.26. The van der Waals surface area contributed by atoms with Gasteiger partial charge in [0.05, 0.1) is 5.57 Å². The second-order valence-electron chi connectivity index (χ2n) is 4.81. The van der Waals surface area contributed by atoms with Gasteiger partial charge in [-0.2, -0.15) is 0 Å². The van der Waals surface area contributed by atoms with Crippen LogP contribution < -0.4 is 10.1 Å². The first-order chi connectivity index (χ1) is 10.2. The molecule has 1 heterocycles. The topological polar surface area (TPSA) is 38.3 Å². The van der Waals surface area contributed by atoms with Gasteiger partial charge < -0.3 is 10.1 Å². The molecule has 0 spiro atoms. The Hall–Kier alpha value is -2.26. The fraction of sp³-hybridized carbons (Fsp3) is 0.118. The Balaban J connectivity index is 1.68. The molecule has 0 unspecified atom stereocenters. The third-order valence-electron chi connectivity index (χ3n) is 3.27. The van der Waals surface area contributed by atoms with E-state index < -0.39 is 0 Å². The SMILES string of the molecule is O=C(NCc1cccc(Cl)c1)C1=Cc2ccccc2OC1. The van der Waals surface area contributed by atoms with Crippen LogP contribution in [0.3, 0.4) is 0 Å². The van der Waals surface area contributed by atoms with Crippen molar-refractivity contribution in [1.82, 2.24) is 5.32 Å². The van der Waals surface area contributed by atoms with E-state index in [-0.39, 0.29) is 5.91 Å². The van der Waals surface area contributed by atoms with Crippen LogP contribution in [0.25, 0.3) is 6.08 Å². The van der Waals surface area contributed by atoms with Crippen molar-refractivity contribution in [3.05, 3.63) is 70.3 Å². The number of carbonyl (C=O) groups excluding carboxylic acids is 1. The van der Waals surface area contributed by atoms with E-state index in [1.54, 1.807) is 6.07 Å². The number of fused-ring (bicyclic) bond motifs is 1. The molecule has 4 heteroatoms. The van der Waals surface area contributed by atoms with E-state index in [1.165, 1.54) is 0 Å². The Morgan fingerprint density at radius 3 is 2.90 bits per heavy atom. The van der Waals surface area contributed by atoms with E-state index in [4.69, 9.17) is 16.3 Å². The van der Waals surface area contributed by atoms with E-state index >= 15 is 0 Å². The number of ether oxygens (including phenoxy) is 1. The van der Waals surface area contributed by atoms with Crippen molar-refractivity contribution in [3.8, 4) is 5.75 Å². The first-order valence-electron chi connectivity index (χ1n) is 6.67. The van der Waals surface area contributed by atoms with Gasteiger partial charge in [-0.1, -0.05) is 41.9 Å². The first kappa shape index (κ1) is 13.7. The van der Waals surface area contributed by atoms with E-state index in [9.17, 15) is 4.79 Å². The number of hydrogen-bond acceptors (Lipinski definition) is 2. The quantitative estimate of drug-likeness (QED) is 0.943. The summed E-state index contributed by atoms with van der Waals surface area (Å²) in [5.41, 5.74) is 2.51. The van der Waals surface area contributed by atoms with Gasteiger partial charge in [0, 0.05) is 17.1 Å². The van der Waals surface area contributed by atoms with Crippen LogP contribution >= 0.6 is 11.6 Å². The second kappa shape index (κ2) is 6.02. The van der Waals surface area contributed by atoms with Crippen molar-refractivity contribution >= 4 is 23.6 Å². The van der Waals surface area contributed by atoms with Crippen LogP contribution in [0.1, 0.15) is 11.1 Å². The number of benzene rings is 2. The van der Waals surface area contributed by atoms with Crippen molar-refractivity contribution < 1.29 is 9.53 Å². The minimum atomic E-state index is -0.121. The van der Waals surface area contributed by atoms with Crippen molar-refractivity contribution in [2.24, 2.45) is 0 Å². The second-order valence-corrected chi connectivity index (χ2v) is 5.25. The summed E-state index contributed by atoms with van der Waals surface area (Å²) in [4.78, 5) is 12.2. The summed E-state index contributed by atoms with van der Waals surface area (Å²) >= 11 is 5.92. The highest BCUT2D eigenvalue weighted by Gasteiger charge is 2.16. The molecule has 2 aromatic rings. The smallest absolute Gasteiger partial charge is 0.250 e. The van der Waals surface area contributed by atoms with Gasteiger partial charge in [-0.25, -0.2) is 0 Å². The molecule has 0 fully saturated rings. The van der Waals surface area contributed by atoms with Crippen LogP contribution in [0, 0.1) is 0 Å². The highest BCUT2D eigenvalue weighted by Crippen LogP contribution is 2.25. The minimum absolute atomic E-state index is 0.121. The van der Waals surface area contributed by atoms with Gasteiger partial charge in [-0.15, -0.1) is 0 Å². The number of hydrogen-bond donors (Lipinski definition) is 1. The lowest BCUT2D eigenvalue weighted by Gasteiger charge is -2.17. The molecule has 0 atom stereocenters. The normalized spacial score (nSPS) is 12.9. The van der Waals surface area contributed by atoms with Crippen molar-refractivity contribution in [3.63, 3.8) is 0 Å². The van der Waals surface area contributed by atoms with Gasteiger partial charge in [0.1, 0.15) is 12.4 Å². The lowest BCUT2D eigenvalue weighted by atomic mass is 10.1. The highest BCUT2D eigenvalue weighted by atomic mass is 35.5. The van der Waals surface area contributed by atoms with Crippen molar-refractivity contribution in [2.75, 3.05) is 6.61 Å². The molecule has 0 saturated carbocycles. The van der Waals surface area contributed by atoms with Crippen LogP contribution in [0.15, 0.2) is 54.1 Å². The Labute approximate surface area is 128 Å². The van der Waals surface area contributed by atoms with Crippen LogP contribution in [0.5, 0.6) is 5.75 Å². The molecule has 21 heavy (non-hydrogen) atoms. The van der Waals surface area contributed by atoms with E-state index in [1.807, 2.05) is 48.5 Å². The zero-order chi connectivity index (χ0) is 14.7. The summed E-state index contributed by atoms with van der Waals surface area (Å²) in [7, 11) is 0.